The molecule has 1 rings (SSSR count). The smallest absolute Gasteiger partial charge is 0.303 e. The van der Waals surface area contributed by atoms with Gasteiger partial charge in [-0.1, -0.05) is 6.07 Å². The molecule has 104 valence electrons. The summed E-state index contributed by atoms with van der Waals surface area (Å²) in [4.78, 5) is 22.0. The van der Waals surface area contributed by atoms with Crippen LogP contribution >= 0.6 is 0 Å². The zero-order valence-corrected chi connectivity index (χ0v) is 10.6. The van der Waals surface area contributed by atoms with Gasteiger partial charge in [0.25, 0.3) is 5.91 Å². The number of carboxylic acids is 1. The molecular formula is C13H16FNO4. The van der Waals surface area contributed by atoms with Crippen LogP contribution < -0.4 is 10.1 Å². The zero-order chi connectivity index (χ0) is 14.3. The molecule has 0 heterocycles. The lowest BCUT2D eigenvalue weighted by molar-refractivity contribution is -0.137. The van der Waals surface area contributed by atoms with E-state index >= 15 is 0 Å². The second-order valence-electron chi connectivity index (χ2n) is 3.93. The number of amides is 1. The molecule has 0 saturated heterocycles. The normalized spacial score (nSPS) is 10.0. The van der Waals surface area contributed by atoms with E-state index in [2.05, 4.69) is 5.32 Å². The Bertz CT molecular complexity index is 462. The molecule has 0 aliphatic carbocycles. The highest BCUT2D eigenvalue weighted by Crippen LogP contribution is 2.19. The highest BCUT2D eigenvalue weighted by atomic mass is 19.1. The minimum Gasteiger partial charge on any atom is -0.494 e. The van der Waals surface area contributed by atoms with Crippen molar-refractivity contribution in [1.29, 1.82) is 0 Å². The largest absolute Gasteiger partial charge is 0.494 e. The van der Waals surface area contributed by atoms with E-state index in [9.17, 15) is 14.0 Å². The van der Waals surface area contributed by atoms with Crippen molar-refractivity contribution >= 4 is 11.9 Å². The first-order valence-corrected chi connectivity index (χ1v) is 5.88. The number of carbonyl (C=O) groups is 2. The van der Waals surface area contributed by atoms with Gasteiger partial charge in [0.1, 0.15) is 0 Å². The van der Waals surface area contributed by atoms with Crippen LogP contribution in [0.1, 0.15) is 29.6 Å². The fourth-order valence-electron chi connectivity index (χ4n) is 1.54. The summed E-state index contributed by atoms with van der Waals surface area (Å²) in [5.74, 6) is -2.09. The van der Waals surface area contributed by atoms with E-state index in [-0.39, 0.29) is 17.7 Å². The van der Waals surface area contributed by atoms with Crippen molar-refractivity contribution in [3.8, 4) is 5.75 Å². The molecule has 0 unspecified atom stereocenters. The van der Waals surface area contributed by atoms with Gasteiger partial charge in [0, 0.05) is 13.0 Å². The summed E-state index contributed by atoms with van der Waals surface area (Å²) in [6, 6.07) is 4.32. The molecule has 0 spiro atoms. The Morgan fingerprint density at radius 2 is 2.11 bits per heavy atom. The Balaban J connectivity index is 2.48. The summed E-state index contributed by atoms with van der Waals surface area (Å²) < 4.78 is 18.5. The van der Waals surface area contributed by atoms with Crippen LogP contribution in [-0.4, -0.2) is 30.6 Å². The second-order valence-corrected chi connectivity index (χ2v) is 3.93. The second kappa shape index (κ2) is 7.35. The van der Waals surface area contributed by atoms with Gasteiger partial charge in [0.2, 0.25) is 0 Å². The first kappa shape index (κ1) is 14.9. The van der Waals surface area contributed by atoms with E-state index in [1.165, 1.54) is 25.3 Å². The predicted octanol–water partition coefficient (Wildman–Crippen LogP) is 1.82. The summed E-state index contributed by atoms with van der Waals surface area (Å²) in [7, 11) is 1.33. The van der Waals surface area contributed by atoms with Crippen LogP contribution in [0.3, 0.4) is 0 Å². The van der Waals surface area contributed by atoms with E-state index < -0.39 is 17.7 Å². The number of rotatable bonds is 7. The van der Waals surface area contributed by atoms with Crippen molar-refractivity contribution in [1.82, 2.24) is 5.32 Å². The van der Waals surface area contributed by atoms with Crippen LogP contribution in [0.15, 0.2) is 18.2 Å². The third-order valence-corrected chi connectivity index (χ3v) is 2.53. The number of ether oxygens (including phenoxy) is 1. The molecule has 0 fully saturated rings. The van der Waals surface area contributed by atoms with E-state index in [0.717, 1.165) is 0 Å². The Kier molecular flexibility index (Phi) is 5.78. The van der Waals surface area contributed by atoms with Gasteiger partial charge in [0.05, 0.1) is 12.7 Å². The minimum atomic E-state index is -0.870. The van der Waals surface area contributed by atoms with Crippen LogP contribution in [0.2, 0.25) is 0 Å². The highest BCUT2D eigenvalue weighted by Gasteiger charge is 2.14. The molecule has 0 aliphatic heterocycles. The van der Waals surface area contributed by atoms with Crippen LogP contribution in [0, 0.1) is 5.82 Å². The maximum atomic E-state index is 13.7. The van der Waals surface area contributed by atoms with Gasteiger partial charge < -0.3 is 15.2 Å². The fourth-order valence-corrected chi connectivity index (χ4v) is 1.54. The van der Waals surface area contributed by atoms with Gasteiger partial charge in [-0.05, 0) is 25.0 Å². The molecule has 0 bridgehead atoms. The van der Waals surface area contributed by atoms with Crippen LogP contribution in [0.25, 0.3) is 0 Å². The number of nitrogens with one attached hydrogen (secondary N) is 1. The van der Waals surface area contributed by atoms with Gasteiger partial charge >= 0.3 is 5.97 Å². The van der Waals surface area contributed by atoms with Crippen molar-refractivity contribution < 1.29 is 23.8 Å². The number of aliphatic carboxylic acids is 1. The van der Waals surface area contributed by atoms with Crippen molar-refractivity contribution in [3.05, 3.63) is 29.6 Å². The number of unbranched alkanes of at least 4 members (excludes halogenated alkanes) is 1. The summed E-state index contributed by atoms with van der Waals surface area (Å²) in [5.41, 5.74) is -0.0856. The molecule has 0 radical (unpaired) electrons. The quantitative estimate of drug-likeness (QED) is 0.740. The van der Waals surface area contributed by atoms with Gasteiger partial charge in [-0.2, -0.15) is 0 Å². The molecule has 5 nitrogen and oxygen atoms in total. The van der Waals surface area contributed by atoms with E-state index in [1.807, 2.05) is 0 Å². The zero-order valence-electron chi connectivity index (χ0n) is 10.6. The Labute approximate surface area is 110 Å². The van der Waals surface area contributed by atoms with Crippen molar-refractivity contribution in [2.75, 3.05) is 13.7 Å². The van der Waals surface area contributed by atoms with Crippen molar-refractivity contribution in [3.63, 3.8) is 0 Å². The number of hydrogen-bond donors (Lipinski definition) is 2. The molecule has 0 atom stereocenters. The van der Waals surface area contributed by atoms with Gasteiger partial charge in [-0.3, -0.25) is 9.59 Å². The monoisotopic (exact) mass is 269 g/mol. The van der Waals surface area contributed by atoms with Crippen LogP contribution in [-0.2, 0) is 4.79 Å². The number of benzene rings is 1. The summed E-state index contributed by atoms with van der Waals surface area (Å²) in [6.07, 6.45) is 1.06. The Morgan fingerprint density at radius 1 is 1.37 bits per heavy atom. The maximum Gasteiger partial charge on any atom is 0.303 e. The van der Waals surface area contributed by atoms with E-state index in [4.69, 9.17) is 9.84 Å². The minimum absolute atomic E-state index is 0.0125. The summed E-state index contributed by atoms with van der Waals surface area (Å²) in [6.45, 7) is 0.308. The third-order valence-electron chi connectivity index (χ3n) is 2.53. The molecule has 0 aliphatic rings. The van der Waals surface area contributed by atoms with Crippen LogP contribution in [0.4, 0.5) is 4.39 Å². The average molecular weight is 269 g/mol. The molecule has 0 aromatic heterocycles. The maximum absolute atomic E-state index is 13.7. The summed E-state index contributed by atoms with van der Waals surface area (Å²) in [5, 5.41) is 11.0. The lowest BCUT2D eigenvalue weighted by Gasteiger charge is -2.08. The van der Waals surface area contributed by atoms with E-state index in [1.54, 1.807) is 0 Å². The van der Waals surface area contributed by atoms with Gasteiger partial charge in [-0.15, -0.1) is 0 Å². The van der Waals surface area contributed by atoms with Gasteiger partial charge in [0.15, 0.2) is 11.6 Å². The molecule has 6 heteroatoms. The fraction of sp³-hybridized carbons (Fsp3) is 0.385. The Morgan fingerprint density at radius 3 is 2.74 bits per heavy atom. The molecule has 1 aromatic carbocycles. The SMILES string of the molecule is COc1cccc(C(=O)NCCCCC(=O)O)c1F. The molecule has 1 aromatic rings. The van der Waals surface area contributed by atoms with Gasteiger partial charge in [-0.25, -0.2) is 4.39 Å². The third kappa shape index (κ3) is 4.57. The van der Waals surface area contributed by atoms with Crippen molar-refractivity contribution in [2.24, 2.45) is 0 Å². The standard InChI is InChI=1S/C13H16FNO4/c1-19-10-6-4-5-9(12(10)14)13(18)15-8-3-2-7-11(16)17/h4-6H,2-3,7-8H2,1H3,(H,15,18)(H,16,17). The lowest BCUT2D eigenvalue weighted by atomic mass is 10.1. The number of carboxylic acid groups (broad SMARTS) is 1. The summed E-state index contributed by atoms with van der Waals surface area (Å²) >= 11 is 0. The average Bonchev–Trinajstić information content (AvgIpc) is 2.38. The number of carbonyl (C=O) groups excluding carboxylic acids is 1. The first-order valence-electron chi connectivity index (χ1n) is 5.88. The van der Waals surface area contributed by atoms with E-state index in [0.29, 0.717) is 19.4 Å². The lowest BCUT2D eigenvalue weighted by Crippen LogP contribution is -2.25. The predicted molar refractivity (Wildman–Crippen MR) is 66.8 cm³/mol. The molecule has 0 saturated carbocycles. The molecular weight excluding hydrogens is 253 g/mol. The van der Waals surface area contributed by atoms with Crippen molar-refractivity contribution in [2.45, 2.75) is 19.3 Å². The molecule has 1 amide bonds. The first-order chi connectivity index (χ1) is 9.06. The molecule has 19 heavy (non-hydrogen) atoms. The highest BCUT2D eigenvalue weighted by molar-refractivity contribution is 5.94. The topological polar surface area (TPSA) is 75.6 Å². The number of hydrogen-bond acceptors (Lipinski definition) is 3. The Hall–Kier alpha value is -2.11. The number of methoxy groups -OCH3 is 1. The molecule has 2 N–H and O–H groups in total. The number of halogens is 1. The van der Waals surface area contributed by atoms with Crippen LogP contribution in [0.5, 0.6) is 5.75 Å².